The number of hydrogen-bond acceptors (Lipinski definition) is 5. The van der Waals surface area contributed by atoms with Crippen molar-refractivity contribution in [1.29, 1.82) is 0 Å². The van der Waals surface area contributed by atoms with Crippen molar-refractivity contribution in [2.24, 2.45) is 5.92 Å². The lowest BCUT2D eigenvalue weighted by atomic mass is 10.1. The van der Waals surface area contributed by atoms with E-state index in [1.165, 1.54) is 25.6 Å². The van der Waals surface area contributed by atoms with Crippen molar-refractivity contribution in [3.05, 3.63) is 18.2 Å². The van der Waals surface area contributed by atoms with Crippen LogP contribution in [0.5, 0.6) is 5.75 Å². The van der Waals surface area contributed by atoms with Crippen LogP contribution in [0.25, 0.3) is 0 Å². The highest BCUT2D eigenvalue weighted by atomic mass is 32.2. The summed E-state index contributed by atoms with van der Waals surface area (Å²) in [6.45, 7) is 3.47. The maximum atomic E-state index is 12.3. The first-order valence-corrected chi connectivity index (χ1v) is 8.28. The fourth-order valence-corrected chi connectivity index (χ4v) is 3.21. The van der Waals surface area contributed by atoms with Gasteiger partial charge < -0.3 is 15.0 Å². The van der Waals surface area contributed by atoms with E-state index in [9.17, 15) is 14.4 Å². The van der Waals surface area contributed by atoms with Crippen molar-refractivity contribution in [1.82, 2.24) is 0 Å². The number of carbonyl (C=O) groups excluding carboxylic acids is 3. The number of thioether (sulfide) groups is 1. The zero-order chi connectivity index (χ0) is 17.0. The summed E-state index contributed by atoms with van der Waals surface area (Å²) in [6.07, 6.45) is 0.400. The molecule has 1 atom stereocenters. The monoisotopic (exact) mass is 336 g/mol. The van der Waals surface area contributed by atoms with Crippen LogP contribution in [0.2, 0.25) is 0 Å². The molecule has 124 valence electrons. The highest BCUT2D eigenvalue weighted by Crippen LogP contribution is 2.35. The summed E-state index contributed by atoms with van der Waals surface area (Å²) in [5.41, 5.74) is 1.20. The SMILES string of the molecule is COc1ccc(NC(C)=O)c(N2CC(CSC(C)=O)CC2=O)c1. The second-order valence-corrected chi connectivity index (χ2v) is 6.64. The normalized spacial score (nSPS) is 17.3. The van der Waals surface area contributed by atoms with Crippen LogP contribution in [0.4, 0.5) is 11.4 Å². The van der Waals surface area contributed by atoms with Crippen LogP contribution in [0.3, 0.4) is 0 Å². The Balaban J connectivity index is 2.23. The van der Waals surface area contributed by atoms with Gasteiger partial charge in [-0.3, -0.25) is 14.4 Å². The van der Waals surface area contributed by atoms with Crippen molar-refractivity contribution in [2.45, 2.75) is 20.3 Å². The maximum absolute atomic E-state index is 12.3. The summed E-state index contributed by atoms with van der Waals surface area (Å²) >= 11 is 1.24. The molecule has 0 aliphatic carbocycles. The number of nitrogens with zero attached hydrogens (tertiary/aromatic N) is 1. The zero-order valence-electron chi connectivity index (χ0n) is 13.4. The average molecular weight is 336 g/mol. The van der Waals surface area contributed by atoms with Crippen LogP contribution in [0.15, 0.2) is 18.2 Å². The van der Waals surface area contributed by atoms with E-state index in [-0.39, 0.29) is 22.8 Å². The van der Waals surface area contributed by atoms with Gasteiger partial charge in [-0.25, -0.2) is 0 Å². The average Bonchev–Trinajstić information content (AvgIpc) is 2.86. The molecule has 0 aromatic heterocycles. The molecule has 1 aliphatic rings. The predicted octanol–water partition coefficient (Wildman–Crippen LogP) is 2.29. The fraction of sp³-hybridized carbons (Fsp3) is 0.438. The van der Waals surface area contributed by atoms with Crippen molar-refractivity contribution in [3.8, 4) is 5.75 Å². The van der Waals surface area contributed by atoms with Gasteiger partial charge in [0.1, 0.15) is 5.75 Å². The standard InChI is InChI=1S/C16H20N2O4S/c1-10(19)17-14-5-4-13(22-3)7-15(14)18-8-12(6-16(18)21)9-23-11(2)20/h4-5,7,12H,6,8-9H2,1-3H3,(H,17,19). The Bertz CT molecular complexity index is 633. The Morgan fingerprint density at radius 3 is 2.74 bits per heavy atom. The molecule has 1 aromatic rings. The molecular weight excluding hydrogens is 316 g/mol. The molecule has 2 amide bonds. The number of carbonyl (C=O) groups is 3. The largest absolute Gasteiger partial charge is 0.497 e. The first kappa shape index (κ1) is 17.3. The molecule has 1 aliphatic heterocycles. The third kappa shape index (κ3) is 4.48. The molecule has 7 heteroatoms. The topological polar surface area (TPSA) is 75.7 Å². The molecule has 6 nitrogen and oxygen atoms in total. The van der Waals surface area contributed by atoms with Crippen LogP contribution in [0, 0.1) is 5.92 Å². The molecule has 1 fully saturated rings. The number of hydrogen-bond donors (Lipinski definition) is 1. The minimum absolute atomic E-state index is 0.0148. The fourth-order valence-electron chi connectivity index (χ4n) is 2.52. The molecule has 1 unspecified atom stereocenters. The van der Waals surface area contributed by atoms with Gasteiger partial charge in [0.25, 0.3) is 0 Å². The van der Waals surface area contributed by atoms with Gasteiger partial charge in [0.15, 0.2) is 5.12 Å². The van der Waals surface area contributed by atoms with Crippen LogP contribution in [-0.2, 0) is 14.4 Å². The van der Waals surface area contributed by atoms with Gasteiger partial charge in [-0.1, -0.05) is 11.8 Å². The molecule has 1 aromatic carbocycles. The Kier molecular flexibility index (Phi) is 5.65. The lowest BCUT2D eigenvalue weighted by molar-refractivity contribution is -0.117. The number of anilines is 2. The van der Waals surface area contributed by atoms with E-state index in [1.54, 1.807) is 30.2 Å². The summed E-state index contributed by atoms with van der Waals surface area (Å²) in [7, 11) is 1.55. The van der Waals surface area contributed by atoms with Gasteiger partial charge in [-0.05, 0) is 18.1 Å². The van der Waals surface area contributed by atoms with Crippen molar-refractivity contribution in [2.75, 3.05) is 29.6 Å². The number of rotatable bonds is 5. The van der Waals surface area contributed by atoms with E-state index >= 15 is 0 Å². The molecule has 1 saturated heterocycles. The molecule has 2 rings (SSSR count). The van der Waals surface area contributed by atoms with Gasteiger partial charge >= 0.3 is 0 Å². The molecule has 23 heavy (non-hydrogen) atoms. The molecular formula is C16H20N2O4S. The van der Waals surface area contributed by atoms with Crippen LogP contribution >= 0.6 is 11.8 Å². The minimum atomic E-state index is -0.202. The van der Waals surface area contributed by atoms with Gasteiger partial charge in [0.05, 0.1) is 18.5 Å². The van der Waals surface area contributed by atoms with E-state index < -0.39 is 0 Å². The number of ether oxygens (including phenoxy) is 1. The molecule has 1 heterocycles. The Hall–Kier alpha value is -2.02. The van der Waals surface area contributed by atoms with Crippen molar-refractivity contribution < 1.29 is 19.1 Å². The van der Waals surface area contributed by atoms with E-state index in [4.69, 9.17) is 4.74 Å². The highest BCUT2D eigenvalue weighted by Gasteiger charge is 2.32. The third-order valence-corrected chi connectivity index (χ3v) is 4.58. The Morgan fingerprint density at radius 1 is 1.39 bits per heavy atom. The van der Waals surface area contributed by atoms with Gasteiger partial charge in [-0.15, -0.1) is 0 Å². The zero-order valence-corrected chi connectivity index (χ0v) is 14.2. The first-order chi connectivity index (χ1) is 10.9. The maximum Gasteiger partial charge on any atom is 0.227 e. The van der Waals surface area contributed by atoms with Crippen molar-refractivity contribution >= 4 is 40.1 Å². The van der Waals surface area contributed by atoms with Crippen molar-refractivity contribution in [3.63, 3.8) is 0 Å². The van der Waals surface area contributed by atoms with Gasteiger partial charge in [0.2, 0.25) is 11.8 Å². The summed E-state index contributed by atoms with van der Waals surface area (Å²) < 4.78 is 5.22. The lowest BCUT2D eigenvalue weighted by Crippen LogP contribution is -2.26. The molecule has 0 bridgehead atoms. The van der Waals surface area contributed by atoms with E-state index in [0.29, 0.717) is 35.8 Å². The van der Waals surface area contributed by atoms with Crippen LogP contribution < -0.4 is 15.0 Å². The summed E-state index contributed by atoms with van der Waals surface area (Å²) in [6, 6.07) is 5.20. The molecule has 0 saturated carbocycles. The summed E-state index contributed by atoms with van der Waals surface area (Å²) in [4.78, 5) is 36.5. The second-order valence-electron chi connectivity index (χ2n) is 5.44. The quantitative estimate of drug-likeness (QED) is 0.893. The van der Waals surface area contributed by atoms with Crippen LogP contribution in [0.1, 0.15) is 20.3 Å². The Labute approximate surface area is 139 Å². The van der Waals surface area contributed by atoms with Gasteiger partial charge in [0, 0.05) is 38.6 Å². The highest BCUT2D eigenvalue weighted by molar-refractivity contribution is 8.13. The first-order valence-electron chi connectivity index (χ1n) is 7.30. The molecule has 1 N–H and O–H groups in total. The number of amides is 2. The smallest absolute Gasteiger partial charge is 0.227 e. The summed E-state index contributed by atoms with van der Waals surface area (Å²) in [5.74, 6) is 1.14. The molecule has 0 spiro atoms. The number of methoxy groups -OCH3 is 1. The summed E-state index contributed by atoms with van der Waals surface area (Å²) in [5, 5.41) is 2.79. The van der Waals surface area contributed by atoms with E-state index in [1.807, 2.05) is 0 Å². The number of nitrogens with one attached hydrogen (secondary N) is 1. The number of benzene rings is 1. The third-order valence-electron chi connectivity index (χ3n) is 3.53. The van der Waals surface area contributed by atoms with E-state index in [0.717, 1.165) is 0 Å². The van der Waals surface area contributed by atoms with Crippen LogP contribution in [-0.4, -0.2) is 36.3 Å². The molecule has 0 radical (unpaired) electrons. The predicted molar refractivity (Wildman–Crippen MR) is 90.9 cm³/mol. The minimum Gasteiger partial charge on any atom is -0.497 e. The van der Waals surface area contributed by atoms with E-state index in [2.05, 4.69) is 5.32 Å². The second kappa shape index (κ2) is 7.50. The van der Waals surface area contributed by atoms with Gasteiger partial charge in [-0.2, -0.15) is 0 Å². The lowest BCUT2D eigenvalue weighted by Gasteiger charge is -2.21. The Morgan fingerprint density at radius 2 is 2.13 bits per heavy atom.